The van der Waals surface area contributed by atoms with Crippen LogP contribution in [0.5, 0.6) is 0 Å². The van der Waals surface area contributed by atoms with E-state index in [0.29, 0.717) is 0 Å². The molecule has 1 aromatic heterocycles. The molecule has 4 heteroatoms. The van der Waals surface area contributed by atoms with E-state index in [9.17, 15) is 0 Å². The van der Waals surface area contributed by atoms with Gasteiger partial charge in [-0.1, -0.05) is 0 Å². The van der Waals surface area contributed by atoms with Crippen molar-refractivity contribution in [2.24, 2.45) is 0 Å². The minimum absolute atomic E-state index is 0.833. The molecule has 108 valence electrons. The fourth-order valence-electron chi connectivity index (χ4n) is 2.65. The maximum atomic E-state index is 5.32. The van der Waals surface area contributed by atoms with Crippen molar-refractivity contribution >= 4 is 0 Å². The van der Waals surface area contributed by atoms with Crippen LogP contribution >= 0.6 is 0 Å². The Morgan fingerprint density at radius 3 is 3.05 bits per heavy atom. The van der Waals surface area contributed by atoms with Gasteiger partial charge in [0.2, 0.25) is 0 Å². The summed E-state index contributed by atoms with van der Waals surface area (Å²) in [5.74, 6) is 0. The molecule has 1 aliphatic rings. The van der Waals surface area contributed by atoms with Crippen LogP contribution in [0.2, 0.25) is 0 Å². The van der Waals surface area contributed by atoms with E-state index in [1.807, 2.05) is 13.3 Å². The highest BCUT2D eigenvalue weighted by molar-refractivity contribution is 5.16. The number of aromatic nitrogens is 2. The van der Waals surface area contributed by atoms with Gasteiger partial charge >= 0.3 is 0 Å². The Hall–Kier alpha value is -0.870. The molecule has 0 saturated carbocycles. The van der Waals surface area contributed by atoms with Crippen molar-refractivity contribution in [2.75, 3.05) is 26.3 Å². The largest absolute Gasteiger partial charge is 0.382 e. The number of fused-ring (bicyclic) bond motifs is 1. The lowest BCUT2D eigenvalue weighted by Gasteiger charge is -2.14. The predicted molar refractivity (Wildman–Crippen MR) is 77.5 cm³/mol. The van der Waals surface area contributed by atoms with Crippen molar-refractivity contribution in [1.82, 2.24) is 14.9 Å². The molecular formula is C15H27N3O. The number of ether oxygens (including phenoxy) is 1. The quantitative estimate of drug-likeness (QED) is 0.696. The zero-order valence-corrected chi connectivity index (χ0v) is 12.2. The van der Waals surface area contributed by atoms with E-state index in [-0.39, 0.29) is 0 Å². The summed E-state index contributed by atoms with van der Waals surface area (Å²) in [6.07, 6.45) is 9.39. The van der Waals surface area contributed by atoms with Crippen LogP contribution in [-0.4, -0.2) is 35.9 Å². The topological polar surface area (TPSA) is 39.1 Å². The van der Waals surface area contributed by atoms with Crippen LogP contribution in [0.4, 0.5) is 0 Å². The molecule has 0 bridgehead atoms. The fraction of sp³-hybridized carbons (Fsp3) is 0.800. The van der Waals surface area contributed by atoms with Gasteiger partial charge in [-0.15, -0.1) is 0 Å². The van der Waals surface area contributed by atoms with Crippen molar-refractivity contribution in [3.8, 4) is 0 Å². The van der Waals surface area contributed by atoms with Gasteiger partial charge in [-0.2, -0.15) is 0 Å². The van der Waals surface area contributed by atoms with Crippen molar-refractivity contribution < 1.29 is 4.74 Å². The van der Waals surface area contributed by atoms with Crippen molar-refractivity contribution in [3.63, 3.8) is 0 Å². The number of hydrogen-bond acceptors (Lipinski definition) is 3. The minimum Gasteiger partial charge on any atom is -0.382 e. The second-order valence-electron chi connectivity index (χ2n) is 5.19. The highest BCUT2D eigenvalue weighted by atomic mass is 16.5. The van der Waals surface area contributed by atoms with Crippen LogP contribution in [0.25, 0.3) is 0 Å². The lowest BCUT2D eigenvalue weighted by Crippen LogP contribution is -2.22. The Labute approximate surface area is 116 Å². The third kappa shape index (κ3) is 4.62. The molecule has 19 heavy (non-hydrogen) atoms. The Balaban J connectivity index is 1.57. The van der Waals surface area contributed by atoms with Gasteiger partial charge in [-0.25, -0.2) is 4.98 Å². The average molecular weight is 265 g/mol. The van der Waals surface area contributed by atoms with Gasteiger partial charge in [0.05, 0.1) is 12.0 Å². The van der Waals surface area contributed by atoms with Crippen LogP contribution in [0.15, 0.2) is 6.33 Å². The van der Waals surface area contributed by atoms with Gasteiger partial charge in [-0.05, 0) is 52.0 Å². The van der Waals surface area contributed by atoms with E-state index in [4.69, 9.17) is 4.74 Å². The highest BCUT2D eigenvalue weighted by Crippen LogP contribution is 2.19. The van der Waals surface area contributed by atoms with Crippen molar-refractivity contribution in [1.29, 1.82) is 0 Å². The van der Waals surface area contributed by atoms with E-state index >= 15 is 0 Å². The number of hydrogen-bond donors (Lipinski definition) is 1. The maximum Gasteiger partial charge on any atom is 0.0952 e. The fourth-order valence-corrected chi connectivity index (χ4v) is 2.65. The zero-order chi connectivity index (χ0) is 13.3. The number of rotatable bonds is 9. The van der Waals surface area contributed by atoms with Gasteiger partial charge < -0.3 is 14.6 Å². The predicted octanol–water partition coefficient (Wildman–Crippen LogP) is 2.17. The van der Waals surface area contributed by atoms with Crippen LogP contribution in [-0.2, 0) is 24.1 Å². The van der Waals surface area contributed by atoms with E-state index in [1.54, 1.807) is 0 Å². The molecule has 1 aliphatic carbocycles. The molecule has 4 nitrogen and oxygen atoms in total. The Kier molecular flexibility index (Phi) is 6.37. The van der Waals surface area contributed by atoms with Gasteiger partial charge in [0.15, 0.2) is 0 Å². The monoisotopic (exact) mass is 265 g/mol. The second-order valence-corrected chi connectivity index (χ2v) is 5.19. The van der Waals surface area contributed by atoms with E-state index in [0.717, 1.165) is 39.3 Å². The molecular weight excluding hydrogens is 238 g/mol. The summed E-state index contributed by atoms with van der Waals surface area (Å²) < 4.78 is 7.66. The Bertz CT molecular complexity index is 362. The summed E-state index contributed by atoms with van der Waals surface area (Å²) in [4.78, 5) is 4.52. The van der Waals surface area contributed by atoms with Crippen molar-refractivity contribution in [2.45, 2.75) is 52.0 Å². The first-order chi connectivity index (χ1) is 9.42. The summed E-state index contributed by atoms with van der Waals surface area (Å²) in [5, 5.41) is 3.50. The van der Waals surface area contributed by atoms with Crippen LogP contribution in [0.3, 0.4) is 0 Å². The SMILES string of the molecule is CCOCCCCNCCn1cnc2c1CCCC2. The Morgan fingerprint density at radius 1 is 1.26 bits per heavy atom. The standard InChI is InChI=1S/C15H27N3O/c1-2-19-12-6-5-9-16-10-11-18-13-17-14-7-3-4-8-15(14)18/h13,16H,2-12H2,1H3. The molecule has 0 saturated heterocycles. The molecule has 0 unspecified atom stereocenters. The number of unbranched alkanes of at least 4 members (excludes halogenated alkanes) is 1. The molecule has 2 rings (SSSR count). The molecule has 0 aliphatic heterocycles. The first kappa shape index (κ1) is 14.5. The van der Waals surface area contributed by atoms with Crippen molar-refractivity contribution in [3.05, 3.63) is 17.7 Å². The number of nitrogens with zero attached hydrogens (tertiary/aromatic N) is 2. The normalized spacial score (nSPS) is 14.6. The second kappa shape index (κ2) is 8.33. The Morgan fingerprint density at radius 2 is 2.16 bits per heavy atom. The molecule has 0 amide bonds. The van der Waals surface area contributed by atoms with Gasteiger partial charge in [0.25, 0.3) is 0 Å². The highest BCUT2D eigenvalue weighted by Gasteiger charge is 2.14. The third-order valence-electron chi connectivity index (χ3n) is 3.74. The third-order valence-corrected chi connectivity index (χ3v) is 3.74. The zero-order valence-electron chi connectivity index (χ0n) is 12.2. The molecule has 1 N–H and O–H groups in total. The summed E-state index contributed by atoms with van der Waals surface area (Å²) in [6.45, 7) is 6.95. The minimum atomic E-state index is 0.833. The lowest BCUT2D eigenvalue weighted by molar-refractivity contribution is 0.143. The van der Waals surface area contributed by atoms with E-state index in [2.05, 4.69) is 14.9 Å². The molecule has 0 aromatic carbocycles. The molecule has 1 aromatic rings. The van der Waals surface area contributed by atoms with Crippen LogP contribution in [0, 0.1) is 0 Å². The van der Waals surface area contributed by atoms with Gasteiger partial charge in [0.1, 0.15) is 0 Å². The van der Waals surface area contributed by atoms with E-state index in [1.165, 1.54) is 43.5 Å². The summed E-state index contributed by atoms with van der Waals surface area (Å²) in [5.41, 5.74) is 2.81. The molecule has 0 spiro atoms. The summed E-state index contributed by atoms with van der Waals surface area (Å²) >= 11 is 0. The van der Waals surface area contributed by atoms with E-state index < -0.39 is 0 Å². The van der Waals surface area contributed by atoms with Crippen LogP contribution < -0.4 is 5.32 Å². The molecule has 1 heterocycles. The molecule has 0 atom stereocenters. The first-order valence-electron chi connectivity index (χ1n) is 7.73. The van der Waals surface area contributed by atoms with Gasteiger partial charge in [-0.3, -0.25) is 0 Å². The maximum absolute atomic E-state index is 5.32. The lowest BCUT2D eigenvalue weighted by atomic mass is 10.0. The molecule has 0 fully saturated rings. The number of nitrogens with one attached hydrogen (secondary N) is 1. The average Bonchev–Trinajstić information content (AvgIpc) is 2.85. The van der Waals surface area contributed by atoms with Crippen LogP contribution in [0.1, 0.15) is 44.0 Å². The molecule has 0 radical (unpaired) electrons. The van der Waals surface area contributed by atoms with Gasteiger partial charge in [0, 0.05) is 32.0 Å². The smallest absolute Gasteiger partial charge is 0.0952 e. The summed E-state index contributed by atoms with van der Waals surface area (Å²) in [7, 11) is 0. The first-order valence-corrected chi connectivity index (χ1v) is 7.73. The number of imidazole rings is 1. The summed E-state index contributed by atoms with van der Waals surface area (Å²) in [6, 6.07) is 0. The number of aryl methyl sites for hydroxylation is 1.